The molecule has 0 unspecified atom stereocenters. The van der Waals surface area contributed by atoms with Crippen molar-refractivity contribution in [1.82, 2.24) is 9.88 Å². The molecule has 4 rings (SSSR count). The van der Waals surface area contributed by atoms with Crippen LogP contribution in [-0.2, 0) is 10.4 Å². The molecule has 1 amide bonds. The van der Waals surface area contributed by atoms with Gasteiger partial charge in [0.15, 0.2) is 11.5 Å². The van der Waals surface area contributed by atoms with Crippen molar-refractivity contribution in [2.75, 3.05) is 19.8 Å². The number of hydrogen-bond donors (Lipinski definition) is 1. The summed E-state index contributed by atoms with van der Waals surface area (Å²) < 4.78 is 52.4. The topological polar surface area (TPSA) is 71.9 Å². The molecule has 6 nitrogen and oxygen atoms in total. The fourth-order valence-electron chi connectivity index (χ4n) is 3.84. The number of benzene rings is 1. The van der Waals surface area contributed by atoms with Gasteiger partial charge in [0.25, 0.3) is 0 Å². The highest BCUT2D eigenvalue weighted by Crippen LogP contribution is 2.45. The van der Waals surface area contributed by atoms with Crippen molar-refractivity contribution in [3.63, 3.8) is 0 Å². The van der Waals surface area contributed by atoms with E-state index in [-0.39, 0.29) is 6.04 Å². The van der Waals surface area contributed by atoms with E-state index in [0.717, 1.165) is 5.56 Å². The zero-order chi connectivity index (χ0) is 21.5. The summed E-state index contributed by atoms with van der Waals surface area (Å²) in [5.41, 5.74) is -2.19. The molecular formula is C20H21F3N2O4S. The minimum absolute atomic E-state index is 0.322. The summed E-state index contributed by atoms with van der Waals surface area (Å²) in [5, 5.41) is 11.4. The fraction of sp³-hybridized carbons (Fsp3) is 0.500. The van der Waals surface area contributed by atoms with Gasteiger partial charge in [0.05, 0.1) is 12.5 Å². The van der Waals surface area contributed by atoms with Gasteiger partial charge in [0.1, 0.15) is 18.2 Å². The number of carbonyl (C=O) groups excluding carboxylic acids is 1. The number of amides is 1. The average Bonchev–Trinajstić information content (AvgIpc) is 3.36. The lowest BCUT2D eigenvalue weighted by atomic mass is 9.97. The Morgan fingerprint density at radius 1 is 1.30 bits per heavy atom. The number of hydrogen-bond acceptors (Lipinski definition) is 6. The number of halogens is 3. The lowest BCUT2D eigenvalue weighted by Gasteiger charge is -2.32. The standard InChI is InChI=1S/C20H21F3N2O4S/c1-12-11-30-18(24-12)19(27,20(21,22)23)10-17(26)25-6-2-3-14(25)13-4-5-15-16(9-13)29-8-7-28-15/h4-5,9,11,14,27H,2-3,6-8,10H2,1H3/t14-,19-/m1/s1. The van der Waals surface area contributed by atoms with Crippen molar-refractivity contribution in [3.05, 3.63) is 39.8 Å². The molecule has 2 aromatic rings. The van der Waals surface area contributed by atoms with Crippen molar-refractivity contribution in [2.45, 2.75) is 44.0 Å². The van der Waals surface area contributed by atoms with Crippen LogP contribution in [0.5, 0.6) is 11.5 Å². The third kappa shape index (κ3) is 3.74. The molecule has 1 saturated heterocycles. The molecule has 0 spiro atoms. The minimum Gasteiger partial charge on any atom is -0.486 e. The maximum atomic E-state index is 13.8. The molecule has 2 atom stereocenters. The monoisotopic (exact) mass is 442 g/mol. The van der Waals surface area contributed by atoms with Crippen LogP contribution >= 0.6 is 11.3 Å². The molecule has 1 N–H and O–H groups in total. The number of aryl methyl sites for hydroxylation is 1. The van der Waals surface area contributed by atoms with Crippen molar-refractivity contribution >= 4 is 17.2 Å². The minimum atomic E-state index is -5.03. The van der Waals surface area contributed by atoms with Crippen LogP contribution < -0.4 is 9.47 Å². The zero-order valence-corrected chi connectivity index (χ0v) is 17.1. The lowest BCUT2D eigenvalue weighted by molar-refractivity contribution is -0.268. The summed E-state index contributed by atoms with van der Waals surface area (Å²) in [7, 11) is 0. The number of aliphatic hydroxyl groups is 1. The number of aromatic nitrogens is 1. The van der Waals surface area contributed by atoms with E-state index in [1.165, 1.54) is 17.2 Å². The summed E-state index contributed by atoms with van der Waals surface area (Å²) in [5.74, 6) is 0.398. The Kier molecular flexibility index (Phi) is 5.39. The van der Waals surface area contributed by atoms with E-state index in [2.05, 4.69) is 4.98 Å². The predicted octanol–water partition coefficient (Wildman–Crippen LogP) is 3.73. The van der Waals surface area contributed by atoms with Crippen molar-refractivity contribution in [2.24, 2.45) is 0 Å². The largest absolute Gasteiger partial charge is 0.486 e. The molecule has 10 heteroatoms. The quantitative estimate of drug-likeness (QED) is 0.782. The van der Waals surface area contributed by atoms with E-state index >= 15 is 0 Å². The molecule has 1 aromatic carbocycles. The van der Waals surface area contributed by atoms with Crippen molar-refractivity contribution in [3.8, 4) is 11.5 Å². The molecular weight excluding hydrogens is 421 g/mol. The normalized spacial score (nSPS) is 20.8. The number of fused-ring (bicyclic) bond motifs is 1. The van der Waals surface area contributed by atoms with Crippen LogP contribution in [-0.4, -0.2) is 46.8 Å². The van der Waals surface area contributed by atoms with Gasteiger partial charge in [-0.25, -0.2) is 4.98 Å². The summed E-state index contributed by atoms with van der Waals surface area (Å²) in [4.78, 5) is 18.2. The first-order valence-corrected chi connectivity index (χ1v) is 10.5. The average molecular weight is 442 g/mol. The van der Waals surface area contributed by atoms with Gasteiger partial charge >= 0.3 is 6.18 Å². The van der Waals surface area contributed by atoms with Crippen molar-refractivity contribution < 1.29 is 32.5 Å². The first-order chi connectivity index (χ1) is 14.2. The van der Waals surface area contributed by atoms with Crippen LogP contribution in [0, 0.1) is 6.92 Å². The van der Waals surface area contributed by atoms with E-state index in [9.17, 15) is 23.1 Å². The SMILES string of the molecule is Cc1csc([C@](O)(CC(=O)N2CCC[C@@H]2c2ccc3c(c2)OCCO3)C(F)(F)F)n1. The Morgan fingerprint density at radius 2 is 2.03 bits per heavy atom. The Balaban J connectivity index is 1.58. The number of alkyl halides is 3. The summed E-state index contributed by atoms with van der Waals surface area (Å²) >= 11 is 0.698. The second-order valence-electron chi connectivity index (χ2n) is 7.48. The molecule has 162 valence electrons. The van der Waals surface area contributed by atoms with Gasteiger partial charge in [-0.05, 0) is 37.5 Å². The number of likely N-dealkylation sites (tertiary alicyclic amines) is 1. The van der Waals surface area contributed by atoms with E-state index in [1.54, 1.807) is 18.2 Å². The van der Waals surface area contributed by atoms with Gasteiger partial charge in [-0.15, -0.1) is 11.3 Å². The Morgan fingerprint density at radius 3 is 2.70 bits per heavy atom. The highest BCUT2D eigenvalue weighted by molar-refractivity contribution is 7.09. The molecule has 0 saturated carbocycles. The smallest absolute Gasteiger partial charge is 0.424 e. The van der Waals surface area contributed by atoms with Crippen molar-refractivity contribution in [1.29, 1.82) is 0 Å². The molecule has 3 heterocycles. The van der Waals surface area contributed by atoms with Gasteiger partial charge in [-0.1, -0.05) is 6.07 Å². The highest BCUT2D eigenvalue weighted by Gasteiger charge is 2.58. The van der Waals surface area contributed by atoms with Crippen LogP contribution in [0.1, 0.15) is 41.6 Å². The third-order valence-electron chi connectivity index (χ3n) is 5.37. The van der Waals surface area contributed by atoms with E-state index in [1.807, 2.05) is 0 Å². The lowest BCUT2D eigenvalue weighted by Crippen LogP contribution is -2.47. The fourth-order valence-corrected chi connectivity index (χ4v) is 4.75. The summed E-state index contributed by atoms with van der Waals surface area (Å²) in [6.07, 6.45) is -4.86. The number of nitrogens with zero attached hydrogens (tertiary/aromatic N) is 2. The Bertz CT molecular complexity index is 948. The number of carbonyl (C=O) groups is 1. The van der Waals surface area contributed by atoms with Crippen LogP contribution in [0.3, 0.4) is 0 Å². The van der Waals surface area contributed by atoms with Crippen LogP contribution in [0.25, 0.3) is 0 Å². The Labute approximate surface area is 175 Å². The molecule has 0 radical (unpaired) electrons. The Hall–Kier alpha value is -2.33. The van der Waals surface area contributed by atoms with Crippen LogP contribution in [0.2, 0.25) is 0 Å². The molecule has 2 aliphatic heterocycles. The summed E-state index contributed by atoms with van der Waals surface area (Å²) in [6, 6.07) is 4.92. The number of thiazole rings is 1. The number of rotatable bonds is 4. The van der Waals surface area contributed by atoms with E-state index in [0.29, 0.717) is 61.1 Å². The molecule has 0 aliphatic carbocycles. The maximum Gasteiger partial charge on any atom is 0.424 e. The first kappa shape index (κ1) is 20.9. The second kappa shape index (κ2) is 7.73. The molecule has 1 fully saturated rings. The summed E-state index contributed by atoms with van der Waals surface area (Å²) in [6.45, 7) is 2.72. The van der Waals surface area contributed by atoms with Gasteiger partial charge in [0, 0.05) is 17.6 Å². The first-order valence-electron chi connectivity index (χ1n) is 9.60. The molecule has 1 aromatic heterocycles. The van der Waals surface area contributed by atoms with E-state index < -0.39 is 29.1 Å². The molecule has 30 heavy (non-hydrogen) atoms. The van der Waals surface area contributed by atoms with Gasteiger partial charge in [0.2, 0.25) is 11.5 Å². The maximum absolute atomic E-state index is 13.8. The van der Waals surface area contributed by atoms with Crippen LogP contribution in [0.4, 0.5) is 13.2 Å². The molecule has 0 bridgehead atoms. The van der Waals surface area contributed by atoms with Gasteiger partial charge < -0.3 is 19.5 Å². The second-order valence-corrected chi connectivity index (χ2v) is 8.34. The van der Waals surface area contributed by atoms with Gasteiger partial charge in [-0.2, -0.15) is 13.2 Å². The van der Waals surface area contributed by atoms with Crippen LogP contribution in [0.15, 0.2) is 23.6 Å². The highest BCUT2D eigenvalue weighted by atomic mass is 32.1. The molecule has 2 aliphatic rings. The zero-order valence-electron chi connectivity index (χ0n) is 16.2. The number of ether oxygens (including phenoxy) is 2. The van der Waals surface area contributed by atoms with E-state index in [4.69, 9.17) is 9.47 Å². The predicted molar refractivity (Wildman–Crippen MR) is 103 cm³/mol. The van der Waals surface area contributed by atoms with Gasteiger partial charge in [-0.3, -0.25) is 4.79 Å². The third-order valence-corrected chi connectivity index (χ3v) is 6.48.